The van der Waals surface area contributed by atoms with Crippen LogP contribution in [-0.2, 0) is 16.0 Å². The Labute approximate surface area is 186 Å². The molecule has 2 aromatic carbocycles. The molecule has 0 radical (unpaired) electrons. The van der Waals surface area contributed by atoms with E-state index in [2.05, 4.69) is 4.98 Å². The molecule has 1 aliphatic rings. The molecule has 0 aliphatic carbocycles. The molecular formula is C24H26ClN3O3. The first-order valence-corrected chi connectivity index (χ1v) is 10.8. The first-order chi connectivity index (χ1) is 14.9. The van der Waals surface area contributed by atoms with Crippen molar-refractivity contribution in [3.63, 3.8) is 0 Å². The van der Waals surface area contributed by atoms with Crippen molar-refractivity contribution in [1.82, 2.24) is 14.8 Å². The largest absolute Gasteiger partial charge is 0.481 e. The molecule has 7 heteroatoms. The minimum atomic E-state index is -0.603. The number of halogens is 1. The molecule has 0 bridgehead atoms. The predicted molar refractivity (Wildman–Crippen MR) is 121 cm³/mol. The van der Waals surface area contributed by atoms with Gasteiger partial charge in [0, 0.05) is 48.3 Å². The van der Waals surface area contributed by atoms with Crippen LogP contribution in [0.3, 0.4) is 0 Å². The SMILES string of the molecule is Cc1cc(OC(C)C(=O)N2CCN(C(=O)Cc3c[nH]c4ccccc34)CC2)ccc1Cl. The molecule has 1 fully saturated rings. The smallest absolute Gasteiger partial charge is 0.263 e. The van der Waals surface area contributed by atoms with Gasteiger partial charge in [0.05, 0.1) is 6.42 Å². The van der Waals surface area contributed by atoms with Crippen LogP contribution in [0.25, 0.3) is 10.9 Å². The second-order valence-electron chi connectivity index (χ2n) is 7.91. The summed E-state index contributed by atoms with van der Waals surface area (Å²) in [6.45, 7) is 5.71. The van der Waals surface area contributed by atoms with Crippen LogP contribution < -0.4 is 4.74 Å². The highest BCUT2D eigenvalue weighted by Crippen LogP contribution is 2.23. The van der Waals surface area contributed by atoms with E-state index in [0.717, 1.165) is 22.0 Å². The Balaban J connectivity index is 1.30. The highest BCUT2D eigenvalue weighted by Gasteiger charge is 2.28. The predicted octanol–water partition coefficient (Wildman–Crippen LogP) is 3.81. The second kappa shape index (κ2) is 9.02. The van der Waals surface area contributed by atoms with Gasteiger partial charge in [0.15, 0.2) is 6.10 Å². The molecule has 162 valence electrons. The van der Waals surface area contributed by atoms with Crippen LogP contribution in [0.2, 0.25) is 5.02 Å². The third-order valence-corrected chi connectivity index (χ3v) is 6.17. The molecule has 1 N–H and O–H groups in total. The van der Waals surface area contributed by atoms with E-state index in [9.17, 15) is 9.59 Å². The average Bonchev–Trinajstić information content (AvgIpc) is 3.18. The van der Waals surface area contributed by atoms with Crippen molar-refractivity contribution < 1.29 is 14.3 Å². The number of amides is 2. The number of hydrogen-bond acceptors (Lipinski definition) is 3. The molecule has 0 saturated carbocycles. The lowest BCUT2D eigenvalue weighted by Crippen LogP contribution is -2.53. The van der Waals surface area contributed by atoms with Crippen LogP contribution in [0.15, 0.2) is 48.7 Å². The number of para-hydroxylation sites is 1. The van der Waals surface area contributed by atoms with Gasteiger partial charge in [-0.25, -0.2) is 0 Å². The van der Waals surface area contributed by atoms with Crippen molar-refractivity contribution in [2.24, 2.45) is 0 Å². The third kappa shape index (κ3) is 4.69. The number of nitrogens with one attached hydrogen (secondary N) is 1. The van der Waals surface area contributed by atoms with Gasteiger partial charge in [0.1, 0.15) is 5.75 Å². The molecule has 1 aromatic heterocycles. The minimum absolute atomic E-state index is 0.0728. The number of benzene rings is 2. The molecule has 1 aliphatic heterocycles. The van der Waals surface area contributed by atoms with E-state index in [1.165, 1.54) is 0 Å². The number of aryl methyl sites for hydroxylation is 1. The highest BCUT2D eigenvalue weighted by atomic mass is 35.5. The number of aromatic nitrogens is 1. The fourth-order valence-electron chi connectivity index (χ4n) is 3.93. The first kappa shape index (κ1) is 21.2. The van der Waals surface area contributed by atoms with Gasteiger partial charge in [-0.3, -0.25) is 9.59 Å². The van der Waals surface area contributed by atoms with Gasteiger partial charge in [-0.05, 0) is 49.2 Å². The van der Waals surface area contributed by atoms with Gasteiger partial charge in [-0.1, -0.05) is 29.8 Å². The number of ether oxygens (including phenoxy) is 1. The second-order valence-corrected chi connectivity index (χ2v) is 8.32. The number of hydrogen-bond donors (Lipinski definition) is 1. The van der Waals surface area contributed by atoms with E-state index in [1.54, 1.807) is 24.0 Å². The van der Waals surface area contributed by atoms with Crippen molar-refractivity contribution in [3.05, 3.63) is 64.8 Å². The van der Waals surface area contributed by atoms with Crippen LogP contribution in [0.5, 0.6) is 5.75 Å². The van der Waals surface area contributed by atoms with E-state index in [4.69, 9.17) is 16.3 Å². The Bertz CT molecular complexity index is 1100. The minimum Gasteiger partial charge on any atom is -0.481 e. The van der Waals surface area contributed by atoms with E-state index in [0.29, 0.717) is 43.4 Å². The lowest BCUT2D eigenvalue weighted by atomic mass is 10.1. The van der Waals surface area contributed by atoms with Gasteiger partial charge in [0.25, 0.3) is 5.91 Å². The molecule has 1 saturated heterocycles. The Morgan fingerprint density at radius 3 is 2.55 bits per heavy atom. The summed E-state index contributed by atoms with van der Waals surface area (Å²) in [6.07, 6.45) is 1.65. The standard InChI is InChI=1S/C24H26ClN3O3/c1-16-13-19(7-8-21(16)25)31-17(2)24(30)28-11-9-27(10-12-28)23(29)14-18-15-26-22-6-4-3-5-20(18)22/h3-8,13,15,17,26H,9-12,14H2,1-2H3. The monoisotopic (exact) mass is 439 g/mol. The fraction of sp³-hybridized carbons (Fsp3) is 0.333. The number of piperazine rings is 1. The van der Waals surface area contributed by atoms with Crippen LogP contribution in [-0.4, -0.2) is 58.9 Å². The number of carbonyl (C=O) groups excluding carboxylic acids is 2. The number of fused-ring (bicyclic) bond motifs is 1. The van der Waals surface area contributed by atoms with Crippen molar-refractivity contribution in [2.75, 3.05) is 26.2 Å². The van der Waals surface area contributed by atoms with E-state index in [1.807, 2.05) is 48.4 Å². The van der Waals surface area contributed by atoms with Crippen molar-refractivity contribution >= 4 is 34.3 Å². The Morgan fingerprint density at radius 2 is 1.81 bits per heavy atom. The van der Waals surface area contributed by atoms with Gasteiger partial charge in [-0.15, -0.1) is 0 Å². The van der Waals surface area contributed by atoms with Crippen molar-refractivity contribution in [1.29, 1.82) is 0 Å². The zero-order valence-corrected chi connectivity index (χ0v) is 18.5. The topological polar surface area (TPSA) is 65.6 Å². The first-order valence-electron chi connectivity index (χ1n) is 10.5. The molecular weight excluding hydrogens is 414 g/mol. The normalized spacial score (nSPS) is 15.2. The van der Waals surface area contributed by atoms with E-state index < -0.39 is 6.10 Å². The van der Waals surface area contributed by atoms with Crippen LogP contribution >= 0.6 is 11.6 Å². The summed E-state index contributed by atoms with van der Waals surface area (Å²) in [6, 6.07) is 13.3. The average molecular weight is 440 g/mol. The summed E-state index contributed by atoms with van der Waals surface area (Å²) < 4.78 is 5.82. The van der Waals surface area contributed by atoms with Crippen LogP contribution in [0.4, 0.5) is 0 Å². The van der Waals surface area contributed by atoms with Gasteiger partial charge in [0.2, 0.25) is 5.91 Å². The summed E-state index contributed by atoms with van der Waals surface area (Å²) in [5.74, 6) is 0.629. The number of rotatable bonds is 5. The summed E-state index contributed by atoms with van der Waals surface area (Å²) in [4.78, 5) is 32.4. The highest BCUT2D eigenvalue weighted by molar-refractivity contribution is 6.31. The number of nitrogens with zero attached hydrogens (tertiary/aromatic N) is 2. The van der Waals surface area contributed by atoms with Crippen molar-refractivity contribution in [2.45, 2.75) is 26.4 Å². The molecule has 2 amide bonds. The molecule has 0 spiro atoms. The molecule has 4 rings (SSSR count). The summed E-state index contributed by atoms with van der Waals surface area (Å²) in [7, 11) is 0. The Hall–Kier alpha value is -2.99. The van der Waals surface area contributed by atoms with Crippen molar-refractivity contribution in [3.8, 4) is 5.75 Å². The van der Waals surface area contributed by atoms with Gasteiger partial charge in [-0.2, -0.15) is 0 Å². The lowest BCUT2D eigenvalue weighted by Gasteiger charge is -2.36. The number of aromatic amines is 1. The maximum absolute atomic E-state index is 12.8. The van der Waals surface area contributed by atoms with E-state index in [-0.39, 0.29) is 11.8 Å². The molecule has 6 nitrogen and oxygen atoms in total. The fourth-order valence-corrected chi connectivity index (χ4v) is 4.05. The summed E-state index contributed by atoms with van der Waals surface area (Å²) >= 11 is 6.05. The number of H-pyrrole nitrogens is 1. The lowest BCUT2D eigenvalue weighted by molar-refractivity contribution is -0.143. The molecule has 1 unspecified atom stereocenters. The molecule has 31 heavy (non-hydrogen) atoms. The quantitative estimate of drug-likeness (QED) is 0.657. The summed E-state index contributed by atoms with van der Waals surface area (Å²) in [5, 5.41) is 1.74. The zero-order chi connectivity index (χ0) is 22.0. The number of carbonyl (C=O) groups is 2. The maximum Gasteiger partial charge on any atom is 0.263 e. The molecule has 1 atom stereocenters. The van der Waals surface area contributed by atoms with E-state index >= 15 is 0 Å². The zero-order valence-electron chi connectivity index (χ0n) is 17.7. The van der Waals surface area contributed by atoms with Crippen LogP contribution in [0, 0.1) is 6.92 Å². The third-order valence-electron chi connectivity index (χ3n) is 5.75. The maximum atomic E-state index is 12.8. The van der Waals surface area contributed by atoms with Gasteiger partial charge >= 0.3 is 0 Å². The molecule has 3 aromatic rings. The summed E-state index contributed by atoms with van der Waals surface area (Å²) in [5.41, 5.74) is 2.94. The van der Waals surface area contributed by atoms with Crippen LogP contribution in [0.1, 0.15) is 18.1 Å². The Morgan fingerprint density at radius 1 is 1.10 bits per heavy atom. The molecule has 2 heterocycles. The van der Waals surface area contributed by atoms with Gasteiger partial charge < -0.3 is 19.5 Å². The Kier molecular flexibility index (Phi) is 6.18.